The third kappa shape index (κ3) is 1.99. The van der Waals surface area contributed by atoms with E-state index in [1.807, 2.05) is 0 Å². The molecule has 0 spiro atoms. The van der Waals surface area contributed by atoms with E-state index in [0.717, 1.165) is 4.68 Å². The molecule has 7 heteroatoms. The van der Waals surface area contributed by atoms with Crippen molar-refractivity contribution in [3.8, 4) is 0 Å². The lowest BCUT2D eigenvalue weighted by atomic mass is 10.4. The van der Waals surface area contributed by atoms with Gasteiger partial charge in [-0.2, -0.15) is 18.3 Å². The van der Waals surface area contributed by atoms with Crippen molar-refractivity contribution in [2.75, 3.05) is 0 Å². The zero-order valence-corrected chi connectivity index (χ0v) is 8.83. The summed E-state index contributed by atoms with van der Waals surface area (Å²) in [6.07, 6.45) is -4.44. The minimum atomic E-state index is -4.44. The van der Waals surface area contributed by atoms with Crippen LogP contribution in [-0.2, 0) is 12.2 Å². The van der Waals surface area contributed by atoms with E-state index in [1.54, 1.807) is 0 Å². The fourth-order valence-electron chi connectivity index (χ4n) is 0.822. The van der Waals surface area contributed by atoms with Crippen LogP contribution in [0.2, 0.25) is 0 Å². The van der Waals surface area contributed by atoms with Gasteiger partial charge in [0.25, 0.3) is 0 Å². The Morgan fingerprint density at radius 1 is 1.54 bits per heavy atom. The lowest BCUT2D eigenvalue weighted by Gasteiger charge is -2.01. The number of rotatable bonds is 1. The van der Waals surface area contributed by atoms with Crippen molar-refractivity contribution in [3.05, 3.63) is 15.9 Å². The Balaban J connectivity index is 3.25. The van der Waals surface area contributed by atoms with E-state index < -0.39 is 11.9 Å². The number of nitrogens with zero attached hydrogens (tertiary/aromatic N) is 2. The van der Waals surface area contributed by atoms with Crippen molar-refractivity contribution < 1.29 is 13.2 Å². The molecule has 0 aliphatic carbocycles. The van der Waals surface area contributed by atoms with Crippen LogP contribution in [-0.4, -0.2) is 9.78 Å². The van der Waals surface area contributed by atoms with Gasteiger partial charge in [0.05, 0.1) is 10.2 Å². The molecule has 13 heavy (non-hydrogen) atoms. The second-order valence-corrected chi connectivity index (χ2v) is 3.40. The highest BCUT2D eigenvalue weighted by atomic mass is 79.9. The van der Waals surface area contributed by atoms with E-state index in [9.17, 15) is 13.2 Å². The molecule has 0 aliphatic heterocycles. The molecule has 0 fully saturated rings. The summed E-state index contributed by atoms with van der Waals surface area (Å²) >= 11 is 8.20. The molecule has 1 heterocycles. The minimum absolute atomic E-state index is 0.0550. The summed E-state index contributed by atoms with van der Waals surface area (Å²) < 4.78 is 37.7. The summed E-state index contributed by atoms with van der Waals surface area (Å²) in [6.45, 7) is 1.51. The van der Waals surface area contributed by atoms with Crippen LogP contribution in [0, 0.1) is 6.92 Å². The van der Waals surface area contributed by atoms with Gasteiger partial charge < -0.3 is 0 Å². The number of aromatic nitrogens is 2. The second kappa shape index (κ2) is 3.49. The van der Waals surface area contributed by atoms with Gasteiger partial charge in [-0.3, -0.25) is 4.68 Å². The predicted molar refractivity (Wildman–Crippen MR) is 45.5 cm³/mol. The van der Waals surface area contributed by atoms with Crippen molar-refractivity contribution in [2.45, 2.75) is 19.1 Å². The van der Waals surface area contributed by atoms with Gasteiger partial charge in [-0.1, -0.05) is 0 Å². The van der Waals surface area contributed by atoms with Crippen LogP contribution in [0.5, 0.6) is 0 Å². The maximum atomic E-state index is 12.2. The van der Waals surface area contributed by atoms with E-state index in [1.165, 1.54) is 6.92 Å². The van der Waals surface area contributed by atoms with Crippen LogP contribution >= 0.6 is 27.5 Å². The maximum absolute atomic E-state index is 12.2. The van der Waals surface area contributed by atoms with Crippen LogP contribution in [0.1, 0.15) is 11.4 Å². The Bertz CT molecular complexity index is 320. The molecule has 0 aromatic carbocycles. The minimum Gasteiger partial charge on any atom is -0.253 e. The molecule has 0 bridgehead atoms. The van der Waals surface area contributed by atoms with Crippen LogP contribution < -0.4 is 0 Å². The number of hydrogen-bond donors (Lipinski definition) is 0. The van der Waals surface area contributed by atoms with Gasteiger partial charge in [-0.25, -0.2) is 0 Å². The maximum Gasteiger partial charge on any atom is 0.436 e. The molecule has 0 aliphatic rings. The first kappa shape index (κ1) is 10.8. The van der Waals surface area contributed by atoms with Crippen LogP contribution in [0.4, 0.5) is 13.2 Å². The van der Waals surface area contributed by atoms with Crippen molar-refractivity contribution in [3.63, 3.8) is 0 Å². The summed E-state index contributed by atoms with van der Waals surface area (Å²) in [5.74, 6) is 0. The smallest absolute Gasteiger partial charge is 0.253 e. The van der Waals surface area contributed by atoms with Gasteiger partial charge in [0, 0.05) is 0 Å². The fourth-order valence-corrected chi connectivity index (χ4v) is 1.56. The van der Waals surface area contributed by atoms with E-state index in [-0.39, 0.29) is 10.5 Å². The summed E-state index contributed by atoms with van der Waals surface area (Å²) in [4.78, 5) is 0. The monoisotopic (exact) mass is 276 g/mol. The lowest BCUT2D eigenvalue weighted by molar-refractivity contribution is -0.142. The highest BCUT2D eigenvalue weighted by Gasteiger charge is 2.37. The van der Waals surface area contributed by atoms with E-state index in [0.29, 0.717) is 5.69 Å². The Labute approximate surface area is 85.8 Å². The average molecular weight is 277 g/mol. The molecule has 2 nitrogen and oxygen atoms in total. The molecule has 0 saturated carbocycles. The molecular weight excluding hydrogens is 272 g/mol. The molecular formula is C6H5BrClF3N2. The SMILES string of the molecule is Cc1c(Br)c(C(F)(F)F)nn1CCl. The lowest BCUT2D eigenvalue weighted by Crippen LogP contribution is -2.07. The highest BCUT2D eigenvalue weighted by Crippen LogP contribution is 2.35. The summed E-state index contributed by atoms with van der Waals surface area (Å²) in [5.41, 5.74) is -0.576. The van der Waals surface area contributed by atoms with Crippen LogP contribution in [0.3, 0.4) is 0 Å². The third-order valence-electron chi connectivity index (χ3n) is 1.52. The Hall–Kier alpha value is -0.230. The van der Waals surface area contributed by atoms with Crippen molar-refractivity contribution >= 4 is 27.5 Å². The topological polar surface area (TPSA) is 17.8 Å². The first-order chi connectivity index (χ1) is 5.88. The molecule has 1 aromatic heterocycles. The molecule has 1 aromatic rings. The molecule has 0 atom stereocenters. The van der Waals surface area contributed by atoms with E-state index >= 15 is 0 Å². The zero-order valence-electron chi connectivity index (χ0n) is 6.49. The van der Waals surface area contributed by atoms with Gasteiger partial charge in [-0.15, -0.1) is 11.6 Å². The van der Waals surface area contributed by atoms with Gasteiger partial charge >= 0.3 is 6.18 Å². The van der Waals surface area contributed by atoms with Crippen molar-refractivity contribution in [1.82, 2.24) is 9.78 Å². The standard InChI is InChI=1S/C6H5BrClF3N2/c1-3-4(7)5(6(9,10)11)12-13(3)2-8/h2H2,1H3. The van der Waals surface area contributed by atoms with Crippen LogP contribution in [0.25, 0.3) is 0 Å². The number of alkyl halides is 4. The van der Waals surface area contributed by atoms with Crippen molar-refractivity contribution in [2.24, 2.45) is 0 Å². The molecule has 0 unspecified atom stereocenters. The van der Waals surface area contributed by atoms with Gasteiger partial charge in [0.15, 0.2) is 5.69 Å². The Kier molecular flexibility index (Phi) is 2.91. The normalized spacial score (nSPS) is 12.2. The first-order valence-corrected chi connectivity index (χ1v) is 4.56. The molecule has 74 valence electrons. The zero-order chi connectivity index (χ0) is 10.2. The summed E-state index contributed by atoms with van der Waals surface area (Å²) in [5, 5.41) is 3.31. The van der Waals surface area contributed by atoms with Crippen LogP contribution in [0.15, 0.2) is 4.47 Å². The summed E-state index contributed by atoms with van der Waals surface area (Å²) in [7, 11) is 0. The van der Waals surface area contributed by atoms with Crippen molar-refractivity contribution in [1.29, 1.82) is 0 Å². The molecule has 0 radical (unpaired) electrons. The second-order valence-electron chi connectivity index (χ2n) is 2.36. The summed E-state index contributed by atoms with van der Waals surface area (Å²) in [6, 6.07) is -0.0967. The molecule has 0 amide bonds. The molecule has 0 saturated heterocycles. The average Bonchev–Trinajstić information content (AvgIpc) is 2.28. The largest absolute Gasteiger partial charge is 0.436 e. The van der Waals surface area contributed by atoms with E-state index in [4.69, 9.17) is 11.6 Å². The number of hydrogen-bond acceptors (Lipinski definition) is 1. The Morgan fingerprint density at radius 2 is 2.08 bits per heavy atom. The highest BCUT2D eigenvalue weighted by molar-refractivity contribution is 9.10. The molecule has 0 N–H and O–H groups in total. The first-order valence-electron chi connectivity index (χ1n) is 3.24. The number of halogens is 5. The molecule has 1 rings (SSSR count). The van der Waals surface area contributed by atoms with Gasteiger partial charge in [-0.05, 0) is 22.9 Å². The van der Waals surface area contributed by atoms with E-state index in [2.05, 4.69) is 21.0 Å². The fraction of sp³-hybridized carbons (Fsp3) is 0.500. The third-order valence-corrected chi connectivity index (χ3v) is 2.69. The predicted octanol–water partition coefficient (Wildman–Crippen LogP) is 3.17. The van der Waals surface area contributed by atoms with Gasteiger partial charge in [0.1, 0.15) is 6.00 Å². The quantitative estimate of drug-likeness (QED) is 0.721. The van der Waals surface area contributed by atoms with Gasteiger partial charge in [0.2, 0.25) is 0 Å². The Morgan fingerprint density at radius 3 is 2.31 bits per heavy atom.